The second-order valence-corrected chi connectivity index (χ2v) is 7.91. The zero-order chi connectivity index (χ0) is 16.4. The molecular formula is C16H22N4OS2. The minimum absolute atomic E-state index is 0.207. The number of nitrogens with zero attached hydrogens (tertiary/aromatic N) is 4. The fourth-order valence-corrected chi connectivity index (χ4v) is 4.64. The van der Waals surface area contributed by atoms with E-state index in [0.29, 0.717) is 5.75 Å². The van der Waals surface area contributed by atoms with Crippen LogP contribution in [0.3, 0.4) is 0 Å². The summed E-state index contributed by atoms with van der Waals surface area (Å²) in [6.07, 6.45) is 1.00. The Hall–Kier alpha value is -1.18. The SMILES string of the molecule is CCc1cc2c(SCC(=O)N3CCN(C)CC3)nc(C)nc2s1. The van der Waals surface area contributed by atoms with Gasteiger partial charge in [0.15, 0.2) is 0 Å². The number of thiophene rings is 1. The molecule has 2 aromatic rings. The van der Waals surface area contributed by atoms with Gasteiger partial charge < -0.3 is 9.80 Å². The topological polar surface area (TPSA) is 49.3 Å². The van der Waals surface area contributed by atoms with Crippen LogP contribution in [0.5, 0.6) is 0 Å². The van der Waals surface area contributed by atoms with Crippen LogP contribution in [0.15, 0.2) is 11.1 Å². The van der Waals surface area contributed by atoms with E-state index in [0.717, 1.165) is 53.7 Å². The third-order valence-electron chi connectivity index (χ3n) is 4.06. The van der Waals surface area contributed by atoms with Crippen molar-refractivity contribution >= 4 is 39.2 Å². The summed E-state index contributed by atoms with van der Waals surface area (Å²) in [6.45, 7) is 7.63. The molecule has 0 radical (unpaired) electrons. The molecule has 3 rings (SSSR count). The van der Waals surface area contributed by atoms with Crippen molar-refractivity contribution in [3.05, 3.63) is 16.8 Å². The van der Waals surface area contributed by atoms with Crippen LogP contribution in [-0.4, -0.2) is 64.7 Å². The first kappa shape index (κ1) is 16.7. The van der Waals surface area contributed by atoms with E-state index in [9.17, 15) is 4.79 Å². The van der Waals surface area contributed by atoms with Crippen LogP contribution in [0.2, 0.25) is 0 Å². The highest BCUT2D eigenvalue weighted by Gasteiger charge is 2.20. The Kier molecular flexibility index (Phi) is 5.18. The van der Waals surface area contributed by atoms with E-state index in [2.05, 4.69) is 34.9 Å². The first-order chi connectivity index (χ1) is 11.1. The molecule has 1 saturated heterocycles. The fraction of sp³-hybridized carbons (Fsp3) is 0.562. The molecule has 1 amide bonds. The number of carbonyl (C=O) groups excluding carboxylic acids is 1. The molecule has 23 heavy (non-hydrogen) atoms. The highest BCUT2D eigenvalue weighted by atomic mass is 32.2. The lowest BCUT2D eigenvalue weighted by Gasteiger charge is -2.32. The number of rotatable bonds is 4. The number of aromatic nitrogens is 2. The number of fused-ring (bicyclic) bond motifs is 1. The normalized spacial score (nSPS) is 16.2. The van der Waals surface area contributed by atoms with Crippen molar-refractivity contribution in [1.29, 1.82) is 0 Å². The first-order valence-corrected chi connectivity index (χ1v) is 9.73. The van der Waals surface area contributed by atoms with Crippen molar-refractivity contribution in [3.63, 3.8) is 0 Å². The minimum atomic E-state index is 0.207. The van der Waals surface area contributed by atoms with E-state index in [4.69, 9.17) is 0 Å². The highest BCUT2D eigenvalue weighted by molar-refractivity contribution is 8.00. The van der Waals surface area contributed by atoms with E-state index in [1.54, 1.807) is 23.1 Å². The molecule has 1 fully saturated rings. The number of aryl methyl sites for hydroxylation is 2. The molecule has 2 aromatic heterocycles. The maximum atomic E-state index is 12.4. The molecule has 1 aliphatic rings. The number of likely N-dealkylation sites (N-methyl/N-ethyl adjacent to an activating group) is 1. The smallest absolute Gasteiger partial charge is 0.233 e. The summed E-state index contributed by atoms with van der Waals surface area (Å²) in [4.78, 5) is 28.0. The van der Waals surface area contributed by atoms with Crippen LogP contribution in [0.25, 0.3) is 10.2 Å². The Labute approximate surface area is 145 Å². The molecule has 0 unspecified atom stereocenters. The van der Waals surface area contributed by atoms with Crippen LogP contribution in [0, 0.1) is 6.92 Å². The zero-order valence-corrected chi connectivity index (χ0v) is 15.5. The van der Waals surface area contributed by atoms with Gasteiger partial charge in [0.05, 0.1) is 5.75 Å². The van der Waals surface area contributed by atoms with Crippen LogP contribution in [0.4, 0.5) is 0 Å². The Morgan fingerprint density at radius 3 is 2.74 bits per heavy atom. The first-order valence-electron chi connectivity index (χ1n) is 7.93. The third kappa shape index (κ3) is 3.84. The Balaban J connectivity index is 1.71. The van der Waals surface area contributed by atoms with Gasteiger partial charge in [-0.2, -0.15) is 0 Å². The van der Waals surface area contributed by atoms with Gasteiger partial charge in [-0.15, -0.1) is 11.3 Å². The number of piperazine rings is 1. The van der Waals surface area contributed by atoms with Crippen LogP contribution < -0.4 is 0 Å². The van der Waals surface area contributed by atoms with Gasteiger partial charge in [0.25, 0.3) is 0 Å². The summed E-state index contributed by atoms with van der Waals surface area (Å²) in [5, 5.41) is 2.03. The highest BCUT2D eigenvalue weighted by Crippen LogP contribution is 2.31. The summed E-state index contributed by atoms with van der Waals surface area (Å²) in [5.41, 5.74) is 0. The zero-order valence-electron chi connectivity index (χ0n) is 13.8. The monoisotopic (exact) mass is 350 g/mol. The maximum Gasteiger partial charge on any atom is 0.233 e. The molecule has 0 bridgehead atoms. The molecule has 5 nitrogen and oxygen atoms in total. The largest absolute Gasteiger partial charge is 0.339 e. The van der Waals surface area contributed by atoms with Gasteiger partial charge in [0.2, 0.25) is 5.91 Å². The van der Waals surface area contributed by atoms with Crippen molar-refractivity contribution in [2.75, 3.05) is 39.0 Å². The number of carbonyl (C=O) groups is 1. The van der Waals surface area contributed by atoms with E-state index in [1.165, 1.54) is 4.88 Å². The molecular weight excluding hydrogens is 328 g/mol. The molecule has 7 heteroatoms. The summed E-state index contributed by atoms with van der Waals surface area (Å²) >= 11 is 3.26. The van der Waals surface area contributed by atoms with E-state index in [-0.39, 0.29) is 5.91 Å². The van der Waals surface area contributed by atoms with Gasteiger partial charge >= 0.3 is 0 Å². The maximum absolute atomic E-state index is 12.4. The standard InChI is InChI=1S/C16H22N4OS2/c1-4-12-9-13-15(17-11(2)18-16(13)23-12)22-10-14(21)20-7-5-19(3)6-8-20/h9H,4-8,10H2,1-3H3. The lowest BCUT2D eigenvalue weighted by Crippen LogP contribution is -2.47. The minimum Gasteiger partial charge on any atom is -0.339 e. The lowest BCUT2D eigenvalue weighted by atomic mass is 10.3. The average Bonchev–Trinajstić information content (AvgIpc) is 2.96. The average molecular weight is 351 g/mol. The van der Waals surface area contributed by atoms with Gasteiger partial charge in [-0.25, -0.2) is 9.97 Å². The number of amides is 1. The number of hydrogen-bond donors (Lipinski definition) is 0. The van der Waals surface area contributed by atoms with Gasteiger partial charge in [-0.05, 0) is 26.5 Å². The molecule has 0 spiro atoms. The van der Waals surface area contributed by atoms with Gasteiger partial charge in [0.1, 0.15) is 15.7 Å². The summed E-state index contributed by atoms with van der Waals surface area (Å²) < 4.78 is 0. The van der Waals surface area contributed by atoms with Gasteiger partial charge in [-0.3, -0.25) is 4.79 Å². The van der Waals surface area contributed by atoms with Crippen molar-refractivity contribution in [2.45, 2.75) is 25.3 Å². The third-order valence-corrected chi connectivity index (χ3v) is 6.21. The van der Waals surface area contributed by atoms with E-state index >= 15 is 0 Å². The fourth-order valence-electron chi connectivity index (χ4n) is 2.61. The Morgan fingerprint density at radius 2 is 2.04 bits per heavy atom. The van der Waals surface area contributed by atoms with Gasteiger partial charge in [0, 0.05) is 36.4 Å². The number of thioether (sulfide) groups is 1. The second kappa shape index (κ2) is 7.15. The van der Waals surface area contributed by atoms with Crippen LogP contribution in [0.1, 0.15) is 17.6 Å². The number of hydrogen-bond acceptors (Lipinski definition) is 6. The van der Waals surface area contributed by atoms with Crippen LogP contribution >= 0.6 is 23.1 Å². The van der Waals surface area contributed by atoms with E-state index in [1.807, 2.05) is 11.8 Å². The molecule has 0 aliphatic carbocycles. The summed E-state index contributed by atoms with van der Waals surface area (Å²) in [6, 6.07) is 2.17. The molecule has 0 saturated carbocycles. The van der Waals surface area contributed by atoms with Crippen LogP contribution in [-0.2, 0) is 11.2 Å². The molecule has 0 N–H and O–H groups in total. The summed E-state index contributed by atoms with van der Waals surface area (Å²) in [5.74, 6) is 1.43. The quantitative estimate of drug-likeness (QED) is 0.626. The molecule has 3 heterocycles. The predicted molar refractivity (Wildman–Crippen MR) is 96.3 cm³/mol. The lowest BCUT2D eigenvalue weighted by molar-refractivity contribution is -0.129. The molecule has 124 valence electrons. The summed E-state index contributed by atoms with van der Waals surface area (Å²) in [7, 11) is 2.10. The molecule has 0 atom stereocenters. The second-order valence-electron chi connectivity index (χ2n) is 5.83. The van der Waals surface area contributed by atoms with Crippen molar-refractivity contribution < 1.29 is 4.79 Å². The Bertz CT molecular complexity index is 707. The molecule has 1 aliphatic heterocycles. The van der Waals surface area contributed by atoms with Crippen molar-refractivity contribution in [2.24, 2.45) is 0 Å². The van der Waals surface area contributed by atoms with Crippen molar-refractivity contribution in [3.8, 4) is 0 Å². The van der Waals surface area contributed by atoms with Gasteiger partial charge in [-0.1, -0.05) is 18.7 Å². The predicted octanol–water partition coefficient (Wildman–Crippen LogP) is 2.43. The Morgan fingerprint density at radius 1 is 1.30 bits per heavy atom. The molecule has 0 aromatic carbocycles. The van der Waals surface area contributed by atoms with E-state index < -0.39 is 0 Å². The van der Waals surface area contributed by atoms with Crippen molar-refractivity contribution in [1.82, 2.24) is 19.8 Å².